The largest absolute Gasteiger partial charge is 0.368 e. The van der Waals surface area contributed by atoms with Crippen LogP contribution in [0.5, 0.6) is 0 Å². The molecule has 62 heavy (non-hydrogen) atoms. The van der Waals surface area contributed by atoms with Crippen molar-refractivity contribution in [3.63, 3.8) is 0 Å². The first-order valence-electron chi connectivity index (χ1n) is 24.5. The number of unbranched alkanes of at least 4 members (excludes halogenated alkanes) is 3. The summed E-state index contributed by atoms with van der Waals surface area (Å²) in [7, 11) is 0. The molecule has 0 aromatic heterocycles. The monoisotopic (exact) mass is 867 g/mol. The van der Waals surface area contributed by atoms with Gasteiger partial charge in [-0.15, -0.1) is 0 Å². The predicted molar refractivity (Wildman–Crippen MR) is 235 cm³/mol. The first-order valence-corrected chi connectivity index (χ1v) is 24.5. The maximum Gasteiger partial charge on any atom is 0.243 e. The van der Waals surface area contributed by atoms with Crippen molar-refractivity contribution in [2.24, 2.45) is 57.8 Å². The molecule has 6 aliphatic rings. The second-order valence-electron chi connectivity index (χ2n) is 20.6. The van der Waals surface area contributed by atoms with Crippen LogP contribution in [0, 0.1) is 46.3 Å². The van der Waals surface area contributed by atoms with Gasteiger partial charge in [0.25, 0.3) is 0 Å². The van der Waals surface area contributed by atoms with E-state index in [-0.39, 0.29) is 24.4 Å². The van der Waals surface area contributed by atoms with Gasteiger partial charge in [-0.05, 0) is 117 Å². The Kier molecular flexibility index (Phi) is 17.5. The van der Waals surface area contributed by atoms with Gasteiger partial charge >= 0.3 is 0 Å². The molecule has 6 fully saturated rings. The molecule has 0 heterocycles. The van der Waals surface area contributed by atoms with Gasteiger partial charge in [0, 0.05) is 13.0 Å². The van der Waals surface area contributed by atoms with Gasteiger partial charge in [0.05, 0.1) is 26.2 Å². The summed E-state index contributed by atoms with van der Waals surface area (Å²) in [6.07, 6.45) is 27.4. The third-order valence-corrected chi connectivity index (χ3v) is 16.0. The third-order valence-electron chi connectivity index (χ3n) is 16.0. The van der Waals surface area contributed by atoms with Gasteiger partial charge < -0.3 is 43.4 Å². The number of nitrogens with one attached hydrogen (secondary N) is 6. The zero-order valence-electron chi connectivity index (χ0n) is 37.3. The van der Waals surface area contributed by atoms with E-state index in [1.54, 1.807) is 0 Å². The minimum Gasteiger partial charge on any atom is -0.368 e. The Hall–Kier alpha value is -3.75. The zero-order valence-corrected chi connectivity index (χ0v) is 37.3. The summed E-state index contributed by atoms with van der Waals surface area (Å²) in [4.78, 5) is 88.0. The van der Waals surface area contributed by atoms with Crippen molar-refractivity contribution in [2.75, 3.05) is 32.7 Å². The summed E-state index contributed by atoms with van der Waals surface area (Å²) in [6.45, 7) is -0.958. The molecule has 0 aromatic carbocycles. The van der Waals surface area contributed by atoms with Crippen LogP contribution in [-0.2, 0) is 33.6 Å². The van der Waals surface area contributed by atoms with Crippen LogP contribution in [0.2, 0.25) is 0 Å². The fourth-order valence-corrected chi connectivity index (χ4v) is 12.9. The molecule has 1 spiro atoms. The number of carbonyl (C=O) groups excluding carboxylic acids is 7. The molecule has 7 amide bonds. The average molecular weight is 867 g/mol. The van der Waals surface area contributed by atoms with Crippen molar-refractivity contribution < 1.29 is 33.6 Å². The molecule has 10 atom stereocenters. The molecular formula is C47H78N8O7. The summed E-state index contributed by atoms with van der Waals surface area (Å²) in [5.74, 6) is 1.84. The minimum atomic E-state index is -0.950. The predicted octanol–water partition coefficient (Wildman–Crippen LogP) is 3.37. The van der Waals surface area contributed by atoms with E-state index in [0.717, 1.165) is 54.8 Å². The highest BCUT2D eigenvalue weighted by Gasteiger charge is 2.70. The molecule has 6 saturated carbocycles. The van der Waals surface area contributed by atoms with E-state index < -0.39 is 60.6 Å². The maximum atomic E-state index is 13.7. The van der Waals surface area contributed by atoms with Gasteiger partial charge in [-0.1, -0.05) is 83.5 Å². The van der Waals surface area contributed by atoms with Crippen LogP contribution in [0.15, 0.2) is 0 Å². The van der Waals surface area contributed by atoms with Crippen molar-refractivity contribution in [1.29, 1.82) is 0 Å². The Morgan fingerprint density at radius 1 is 0.581 bits per heavy atom. The van der Waals surface area contributed by atoms with Crippen LogP contribution in [0.3, 0.4) is 0 Å². The van der Waals surface area contributed by atoms with E-state index in [2.05, 4.69) is 31.9 Å². The zero-order chi connectivity index (χ0) is 44.1. The Labute approximate surface area is 369 Å². The van der Waals surface area contributed by atoms with Gasteiger partial charge in [0.1, 0.15) is 12.1 Å². The van der Waals surface area contributed by atoms with Crippen molar-refractivity contribution in [2.45, 2.75) is 173 Å². The second kappa shape index (κ2) is 22.7. The number of carbonyl (C=O) groups is 7. The molecule has 3 bridgehead atoms. The molecule has 15 nitrogen and oxygen atoms in total. The topological polar surface area (TPSA) is 244 Å². The highest BCUT2D eigenvalue weighted by Crippen LogP contribution is 2.79. The molecule has 0 radical (unpaired) electrons. The van der Waals surface area contributed by atoms with Crippen LogP contribution >= 0.6 is 0 Å². The highest BCUT2D eigenvalue weighted by molar-refractivity contribution is 5.93. The smallest absolute Gasteiger partial charge is 0.243 e. The van der Waals surface area contributed by atoms with Gasteiger partial charge in [-0.3, -0.25) is 33.6 Å². The van der Waals surface area contributed by atoms with Gasteiger partial charge in [-0.2, -0.15) is 0 Å². The van der Waals surface area contributed by atoms with Crippen LogP contribution < -0.4 is 43.4 Å². The number of hydrogen-bond acceptors (Lipinski definition) is 8. The maximum absolute atomic E-state index is 13.7. The Balaban J connectivity index is 0.923. The van der Waals surface area contributed by atoms with E-state index in [1.165, 1.54) is 103 Å². The third kappa shape index (κ3) is 13.6. The fourth-order valence-electron chi connectivity index (χ4n) is 12.9. The number of amides is 7. The quantitative estimate of drug-likeness (QED) is 0.0668. The molecule has 15 heteroatoms. The van der Waals surface area contributed by atoms with E-state index >= 15 is 0 Å². The summed E-state index contributed by atoms with van der Waals surface area (Å²) in [6, 6.07) is -1.89. The SMILES string of the molecule is NCC(=O)NCC(=O)NCC(=O)NCC(=O)N[C@@H](CCCCCC1CCCCCC2CC2CCCC1)C(=O)N[C@@H](CCCCNC(=O)CC12CC3CC4CC(C1)C4(C3)C2)C(N)=O. The number of nitrogens with two attached hydrogens (primary N) is 2. The first-order chi connectivity index (χ1) is 29.9. The van der Waals surface area contributed by atoms with Crippen molar-refractivity contribution in [3.05, 3.63) is 0 Å². The van der Waals surface area contributed by atoms with Gasteiger partial charge in [-0.25, -0.2) is 0 Å². The molecule has 6 aliphatic carbocycles. The Bertz CT molecular complexity index is 1590. The molecule has 6 rings (SSSR count). The fraction of sp³-hybridized carbons (Fsp3) is 0.851. The van der Waals surface area contributed by atoms with E-state index in [1.807, 2.05) is 0 Å². The number of fused-ring (bicyclic) bond motifs is 3. The van der Waals surface area contributed by atoms with Crippen LogP contribution in [0.1, 0.15) is 161 Å². The Morgan fingerprint density at radius 3 is 1.95 bits per heavy atom. The number of rotatable bonds is 24. The summed E-state index contributed by atoms with van der Waals surface area (Å²) >= 11 is 0. The summed E-state index contributed by atoms with van der Waals surface area (Å²) in [5, 5.41) is 15.7. The second-order valence-corrected chi connectivity index (χ2v) is 20.6. The van der Waals surface area contributed by atoms with Crippen molar-refractivity contribution in [3.8, 4) is 0 Å². The van der Waals surface area contributed by atoms with Crippen molar-refractivity contribution in [1.82, 2.24) is 31.9 Å². The molecule has 0 saturated heterocycles. The normalized spacial score (nSPS) is 30.4. The van der Waals surface area contributed by atoms with Gasteiger partial charge in [0.2, 0.25) is 41.4 Å². The molecule has 10 N–H and O–H groups in total. The standard InChI is InChI=1S/C47H78N8O7/c48-26-40(57)51-27-41(58)52-28-42(59)53-29-43(60)54-38(17-6-2-4-12-31-11-3-1-5-14-33-20-34(33)15-8-7-13-31)45(62)55-37(44(49)61)16-9-10-18-50-39(56)25-46-22-32-19-35-21-36(24-46)47(35,23-32)30-46/h31-38H,1-30,48H2,(H2,49,61)(H,50,56)(H,51,57)(H,52,58)(H,53,59)(H,54,60)(H,55,62)/t31?,32?,33?,34?,35?,36?,37-,38-,46?,47?/m0/s1. The molecule has 8 unspecified atom stereocenters. The lowest BCUT2D eigenvalue weighted by Crippen LogP contribution is -2.54. The van der Waals surface area contributed by atoms with Crippen LogP contribution in [0.25, 0.3) is 0 Å². The van der Waals surface area contributed by atoms with E-state index in [4.69, 9.17) is 11.5 Å². The molecule has 0 aromatic rings. The van der Waals surface area contributed by atoms with Gasteiger partial charge in [0.15, 0.2) is 0 Å². The van der Waals surface area contributed by atoms with Crippen molar-refractivity contribution >= 4 is 41.4 Å². The minimum absolute atomic E-state index is 0.116. The highest BCUT2D eigenvalue weighted by atomic mass is 16.2. The summed E-state index contributed by atoms with van der Waals surface area (Å²) in [5.41, 5.74) is 11.7. The first kappa shape index (κ1) is 47.7. The summed E-state index contributed by atoms with van der Waals surface area (Å²) < 4.78 is 0. The van der Waals surface area contributed by atoms with E-state index in [9.17, 15) is 33.6 Å². The van der Waals surface area contributed by atoms with Crippen LogP contribution in [-0.4, -0.2) is 86.2 Å². The lowest BCUT2D eigenvalue weighted by molar-refractivity contribution is -0.132. The number of primary amides is 1. The number of hydrogen-bond donors (Lipinski definition) is 8. The van der Waals surface area contributed by atoms with E-state index in [0.29, 0.717) is 50.5 Å². The molecular weight excluding hydrogens is 789 g/mol. The lowest BCUT2D eigenvalue weighted by Gasteiger charge is -2.49. The molecule has 0 aliphatic heterocycles. The molecule has 348 valence electrons. The lowest BCUT2D eigenvalue weighted by atomic mass is 9.55. The average Bonchev–Trinajstić information content (AvgIpc) is 3.91. The van der Waals surface area contributed by atoms with Crippen LogP contribution in [0.4, 0.5) is 0 Å². The Morgan fingerprint density at radius 2 is 1.23 bits per heavy atom.